The summed E-state index contributed by atoms with van der Waals surface area (Å²) < 4.78 is 1.37. The van der Waals surface area contributed by atoms with Crippen molar-refractivity contribution in [2.45, 2.75) is 13.5 Å². The average Bonchev–Trinajstić information content (AvgIpc) is 2.51. The first-order chi connectivity index (χ1) is 10.5. The van der Waals surface area contributed by atoms with Crippen molar-refractivity contribution in [2.75, 3.05) is 6.54 Å². The van der Waals surface area contributed by atoms with E-state index in [0.717, 1.165) is 0 Å². The number of nitro benzene ring substituents is 1. The molecule has 8 nitrogen and oxygen atoms in total. The lowest BCUT2D eigenvalue weighted by Crippen LogP contribution is -2.31. The fourth-order valence-corrected chi connectivity index (χ4v) is 1.93. The number of aryl methyl sites for hydroxylation is 1. The zero-order valence-electron chi connectivity index (χ0n) is 11.9. The molecule has 0 saturated carbocycles. The second kappa shape index (κ2) is 6.61. The van der Waals surface area contributed by atoms with E-state index in [1.54, 1.807) is 13.0 Å². The van der Waals surface area contributed by atoms with Gasteiger partial charge in [0.1, 0.15) is 5.56 Å². The van der Waals surface area contributed by atoms with E-state index in [9.17, 15) is 19.7 Å². The number of hydrogen-bond acceptors (Lipinski definition) is 5. The minimum Gasteiger partial charge on any atom is -0.350 e. The van der Waals surface area contributed by atoms with Gasteiger partial charge in [-0.3, -0.25) is 24.3 Å². The number of para-hydroxylation sites is 1. The zero-order chi connectivity index (χ0) is 16.1. The van der Waals surface area contributed by atoms with E-state index >= 15 is 0 Å². The van der Waals surface area contributed by atoms with Crippen LogP contribution >= 0.6 is 0 Å². The van der Waals surface area contributed by atoms with Gasteiger partial charge in [0, 0.05) is 30.9 Å². The van der Waals surface area contributed by atoms with E-state index < -0.39 is 10.8 Å². The Bertz CT molecular complexity index is 769. The fourth-order valence-electron chi connectivity index (χ4n) is 1.93. The molecule has 0 unspecified atom stereocenters. The predicted octanol–water partition coefficient (Wildman–Crippen LogP) is 0.890. The van der Waals surface area contributed by atoms with Crippen molar-refractivity contribution in [3.05, 3.63) is 68.4 Å². The summed E-state index contributed by atoms with van der Waals surface area (Å²) in [6.07, 6.45) is 2.84. The van der Waals surface area contributed by atoms with Gasteiger partial charge in [0.05, 0.1) is 11.3 Å². The van der Waals surface area contributed by atoms with Gasteiger partial charge in [-0.25, -0.2) is 4.98 Å². The van der Waals surface area contributed by atoms with Crippen molar-refractivity contribution in [1.29, 1.82) is 0 Å². The lowest BCUT2D eigenvalue weighted by atomic mass is 10.1. The molecule has 0 aliphatic rings. The first-order valence-electron chi connectivity index (χ1n) is 6.53. The molecule has 0 aliphatic heterocycles. The van der Waals surface area contributed by atoms with Crippen molar-refractivity contribution in [3.8, 4) is 0 Å². The smallest absolute Gasteiger partial charge is 0.282 e. The quantitative estimate of drug-likeness (QED) is 0.652. The minimum atomic E-state index is -0.607. The SMILES string of the molecule is Cc1cncn(CCNC(=O)c2ccccc2[N+](=O)[O-])c1=O. The molecule has 0 aliphatic carbocycles. The maximum absolute atomic E-state index is 12.0. The molecule has 1 aromatic carbocycles. The Balaban J connectivity index is 2.04. The maximum Gasteiger partial charge on any atom is 0.282 e. The molecule has 0 fully saturated rings. The Morgan fingerprint density at radius 3 is 2.86 bits per heavy atom. The number of benzene rings is 1. The summed E-state index contributed by atoms with van der Waals surface area (Å²) >= 11 is 0. The molecule has 0 radical (unpaired) electrons. The molecule has 114 valence electrons. The molecular weight excluding hydrogens is 288 g/mol. The van der Waals surface area contributed by atoms with Gasteiger partial charge >= 0.3 is 0 Å². The number of nitrogens with zero attached hydrogens (tertiary/aromatic N) is 3. The Morgan fingerprint density at radius 2 is 2.14 bits per heavy atom. The summed E-state index contributed by atoms with van der Waals surface area (Å²) in [6, 6.07) is 5.70. The van der Waals surface area contributed by atoms with Crippen LogP contribution in [0.3, 0.4) is 0 Å². The second-order valence-corrected chi connectivity index (χ2v) is 4.61. The van der Waals surface area contributed by atoms with Crippen LogP contribution in [-0.2, 0) is 6.54 Å². The van der Waals surface area contributed by atoms with Crippen LogP contribution in [0.4, 0.5) is 5.69 Å². The highest BCUT2D eigenvalue weighted by Gasteiger charge is 2.18. The van der Waals surface area contributed by atoms with Crippen LogP contribution in [0.2, 0.25) is 0 Å². The van der Waals surface area contributed by atoms with Gasteiger partial charge in [-0.15, -0.1) is 0 Å². The monoisotopic (exact) mass is 302 g/mol. The lowest BCUT2D eigenvalue weighted by Gasteiger charge is -2.08. The van der Waals surface area contributed by atoms with Crippen molar-refractivity contribution >= 4 is 11.6 Å². The third-order valence-electron chi connectivity index (χ3n) is 3.06. The van der Waals surface area contributed by atoms with Crippen LogP contribution in [0.25, 0.3) is 0 Å². The predicted molar refractivity (Wildman–Crippen MR) is 78.7 cm³/mol. The summed E-state index contributed by atoms with van der Waals surface area (Å²) in [5, 5.41) is 13.4. The van der Waals surface area contributed by atoms with Crippen LogP contribution in [0, 0.1) is 17.0 Å². The largest absolute Gasteiger partial charge is 0.350 e. The number of amides is 1. The van der Waals surface area contributed by atoms with Gasteiger partial charge in [-0.05, 0) is 13.0 Å². The van der Waals surface area contributed by atoms with E-state index in [1.165, 1.54) is 35.3 Å². The highest BCUT2D eigenvalue weighted by Crippen LogP contribution is 2.17. The zero-order valence-corrected chi connectivity index (χ0v) is 11.9. The van der Waals surface area contributed by atoms with Crippen molar-refractivity contribution in [3.63, 3.8) is 0 Å². The van der Waals surface area contributed by atoms with Crippen LogP contribution < -0.4 is 10.9 Å². The molecule has 2 rings (SSSR count). The first kappa shape index (κ1) is 15.4. The lowest BCUT2D eigenvalue weighted by molar-refractivity contribution is -0.385. The summed E-state index contributed by atoms with van der Waals surface area (Å²) in [7, 11) is 0. The molecule has 1 amide bonds. The van der Waals surface area contributed by atoms with Gasteiger partial charge in [0.2, 0.25) is 0 Å². The van der Waals surface area contributed by atoms with Gasteiger partial charge < -0.3 is 5.32 Å². The Hall–Kier alpha value is -3.03. The van der Waals surface area contributed by atoms with Gasteiger partial charge in [0.25, 0.3) is 17.2 Å². The number of nitrogens with one attached hydrogen (secondary N) is 1. The molecule has 0 saturated heterocycles. The first-order valence-corrected chi connectivity index (χ1v) is 6.53. The molecule has 2 aromatic rings. The van der Waals surface area contributed by atoms with Crippen molar-refractivity contribution in [1.82, 2.24) is 14.9 Å². The fraction of sp³-hybridized carbons (Fsp3) is 0.214. The molecule has 0 atom stereocenters. The van der Waals surface area contributed by atoms with Crippen LogP contribution in [0.15, 0.2) is 41.6 Å². The second-order valence-electron chi connectivity index (χ2n) is 4.61. The topological polar surface area (TPSA) is 107 Å². The Morgan fingerprint density at radius 1 is 1.41 bits per heavy atom. The third kappa shape index (κ3) is 3.35. The van der Waals surface area contributed by atoms with E-state index in [2.05, 4.69) is 10.3 Å². The van der Waals surface area contributed by atoms with Crippen LogP contribution in [0.1, 0.15) is 15.9 Å². The maximum atomic E-state index is 12.0. The number of rotatable bonds is 5. The van der Waals surface area contributed by atoms with Crippen LogP contribution in [0.5, 0.6) is 0 Å². The molecular formula is C14H14N4O4. The van der Waals surface area contributed by atoms with Gasteiger partial charge in [-0.2, -0.15) is 0 Å². The summed E-state index contributed by atoms with van der Waals surface area (Å²) in [5.74, 6) is -0.555. The molecule has 1 aromatic heterocycles. The molecule has 22 heavy (non-hydrogen) atoms. The minimum absolute atomic E-state index is 0.0118. The number of carbonyl (C=O) groups is 1. The van der Waals surface area contributed by atoms with Gasteiger partial charge in [-0.1, -0.05) is 12.1 Å². The van der Waals surface area contributed by atoms with Crippen molar-refractivity contribution in [2.24, 2.45) is 0 Å². The van der Waals surface area contributed by atoms with E-state index in [0.29, 0.717) is 5.56 Å². The standard InChI is InChI=1S/C14H14N4O4/c1-10-8-15-9-17(14(10)20)7-6-16-13(19)11-4-2-3-5-12(11)18(21)22/h2-5,8-9H,6-7H2,1H3,(H,16,19). The average molecular weight is 302 g/mol. The molecule has 1 N–H and O–H groups in total. The molecule has 0 spiro atoms. The van der Waals surface area contributed by atoms with Crippen LogP contribution in [-0.4, -0.2) is 26.9 Å². The molecule has 1 heterocycles. The number of nitro groups is 1. The molecule has 8 heteroatoms. The summed E-state index contributed by atoms with van der Waals surface area (Å²) in [5.41, 5.74) is 0.0547. The van der Waals surface area contributed by atoms with Crippen molar-refractivity contribution < 1.29 is 9.72 Å². The highest BCUT2D eigenvalue weighted by molar-refractivity contribution is 5.98. The number of hydrogen-bond donors (Lipinski definition) is 1. The summed E-state index contributed by atoms with van der Waals surface area (Å²) in [6.45, 7) is 2.05. The van der Waals surface area contributed by atoms with E-state index in [4.69, 9.17) is 0 Å². The van der Waals surface area contributed by atoms with E-state index in [-0.39, 0.29) is 29.9 Å². The summed E-state index contributed by atoms with van der Waals surface area (Å²) in [4.78, 5) is 37.9. The number of aromatic nitrogens is 2. The highest BCUT2D eigenvalue weighted by atomic mass is 16.6. The molecule has 0 bridgehead atoms. The van der Waals surface area contributed by atoms with Gasteiger partial charge in [0.15, 0.2) is 0 Å². The Labute approximate surface area is 125 Å². The van der Waals surface area contributed by atoms with E-state index in [1.807, 2.05) is 0 Å². The third-order valence-corrected chi connectivity index (χ3v) is 3.06. The normalized spacial score (nSPS) is 10.2. The number of carbonyl (C=O) groups excluding carboxylic acids is 1. The Kier molecular flexibility index (Phi) is 4.62.